The van der Waals surface area contributed by atoms with E-state index in [1.807, 2.05) is 18.3 Å². The Morgan fingerprint density at radius 3 is 2.79 bits per heavy atom. The fourth-order valence-electron chi connectivity index (χ4n) is 1.06. The van der Waals surface area contributed by atoms with Gasteiger partial charge in [0.05, 0.1) is 11.0 Å². The number of aromatic amines is 1. The number of aromatic nitrogens is 3. The van der Waals surface area contributed by atoms with Gasteiger partial charge < -0.3 is 10.3 Å². The van der Waals surface area contributed by atoms with E-state index in [4.69, 9.17) is 0 Å². The Hall–Kier alpha value is -1.36. The van der Waals surface area contributed by atoms with Crippen molar-refractivity contribution < 1.29 is 0 Å². The molecule has 0 saturated heterocycles. The molecule has 0 fully saturated rings. The van der Waals surface area contributed by atoms with Crippen LogP contribution < -0.4 is 5.32 Å². The smallest absolute Gasteiger partial charge is 0.222 e. The van der Waals surface area contributed by atoms with Crippen LogP contribution in [0.15, 0.2) is 35.2 Å². The van der Waals surface area contributed by atoms with Gasteiger partial charge in [-0.1, -0.05) is 0 Å². The number of anilines is 1. The Kier molecular flexibility index (Phi) is 2.78. The minimum Gasteiger partial charge on any atom is -0.364 e. The molecule has 0 amide bonds. The van der Waals surface area contributed by atoms with E-state index in [9.17, 15) is 0 Å². The maximum absolute atomic E-state index is 4.09. The molecule has 2 aromatic rings. The maximum Gasteiger partial charge on any atom is 0.222 e. The van der Waals surface area contributed by atoms with Crippen molar-refractivity contribution >= 4 is 21.9 Å². The number of rotatable bonds is 3. The van der Waals surface area contributed by atoms with Gasteiger partial charge in [0.1, 0.15) is 0 Å². The van der Waals surface area contributed by atoms with Crippen LogP contribution in [0.5, 0.6) is 0 Å². The van der Waals surface area contributed by atoms with E-state index in [0.29, 0.717) is 12.5 Å². The lowest BCUT2D eigenvalue weighted by Crippen LogP contribution is -2.03. The van der Waals surface area contributed by atoms with Gasteiger partial charge >= 0.3 is 0 Å². The predicted octanol–water partition coefficient (Wildman–Crippen LogP) is 2.18. The first-order valence-electron chi connectivity index (χ1n) is 4.18. The number of halogens is 1. The third-order valence-corrected chi connectivity index (χ3v) is 2.13. The van der Waals surface area contributed by atoms with Crippen molar-refractivity contribution in [3.05, 3.63) is 40.9 Å². The van der Waals surface area contributed by atoms with Gasteiger partial charge in [-0.2, -0.15) is 0 Å². The van der Waals surface area contributed by atoms with Gasteiger partial charge in [0, 0.05) is 24.3 Å². The topological polar surface area (TPSA) is 53.6 Å². The highest BCUT2D eigenvalue weighted by atomic mass is 79.9. The van der Waals surface area contributed by atoms with Crippen molar-refractivity contribution in [2.24, 2.45) is 0 Å². The monoisotopic (exact) mass is 252 g/mol. The Labute approximate surface area is 89.9 Å². The van der Waals surface area contributed by atoms with E-state index >= 15 is 0 Å². The standard InChI is InChI=1S/C9H9BrN4/c10-7-4-12-9(13-5-7)14-6-8-2-1-3-11-8/h1-5,11H,6H2,(H,12,13,14). The normalized spacial score (nSPS) is 10.1. The summed E-state index contributed by atoms with van der Waals surface area (Å²) in [6.07, 6.45) is 5.31. The molecule has 0 spiro atoms. The lowest BCUT2D eigenvalue weighted by molar-refractivity contribution is 1.01. The number of nitrogens with zero attached hydrogens (tertiary/aromatic N) is 2. The molecule has 72 valence electrons. The van der Waals surface area contributed by atoms with E-state index in [2.05, 4.69) is 36.2 Å². The third-order valence-electron chi connectivity index (χ3n) is 1.72. The van der Waals surface area contributed by atoms with Gasteiger partial charge in [0.25, 0.3) is 0 Å². The van der Waals surface area contributed by atoms with Crippen LogP contribution in [0.3, 0.4) is 0 Å². The van der Waals surface area contributed by atoms with E-state index in [1.165, 1.54) is 0 Å². The molecule has 5 heteroatoms. The van der Waals surface area contributed by atoms with Crippen LogP contribution in [0, 0.1) is 0 Å². The van der Waals surface area contributed by atoms with Gasteiger partial charge in [-0.15, -0.1) is 0 Å². The summed E-state index contributed by atoms with van der Waals surface area (Å²) in [7, 11) is 0. The molecular weight excluding hydrogens is 244 g/mol. The van der Waals surface area contributed by atoms with E-state index in [0.717, 1.165) is 10.2 Å². The summed E-state index contributed by atoms with van der Waals surface area (Å²) < 4.78 is 0.878. The molecule has 0 aromatic carbocycles. The first kappa shape index (κ1) is 9.21. The highest BCUT2D eigenvalue weighted by Gasteiger charge is 1.96. The minimum absolute atomic E-state index is 0.628. The van der Waals surface area contributed by atoms with Crippen LogP contribution in [0.1, 0.15) is 5.69 Å². The molecule has 0 radical (unpaired) electrons. The number of nitrogens with one attached hydrogen (secondary N) is 2. The SMILES string of the molecule is Brc1cnc(NCc2ccc[nH]2)nc1. The molecule has 0 aliphatic rings. The molecule has 0 atom stereocenters. The highest BCUT2D eigenvalue weighted by Crippen LogP contribution is 2.07. The molecule has 4 nitrogen and oxygen atoms in total. The summed E-state index contributed by atoms with van der Waals surface area (Å²) in [6, 6.07) is 3.96. The molecule has 2 rings (SSSR count). The molecule has 0 aliphatic heterocycles. The van der Waals surface area contributed by atoms with Crippen molar-refractivity contribution in [1.82, 2.24) is 15.0 Å². The molecule has 14 heavy (non-hydrogen) atoms. The molecule has 0 unspecified atom stereocenters. The van der Waals surface area contributed by atoms with Crippen LogP contribution in [0.2, 0.25) is 0 Å². The summed E-state index contributed by atoms with van der Waals surface area (Å²) in [6.45, 7) is 0.703. The van der Waals surface area contributed by atoms with E-state index < -0.39 is 0 Å². The van der Waals surface area contributed by atoms with Gasteiger partial charge in [-0.25, -0.2) is 9.97 Å². The molecule has 0 saturated carbocycles. The third kappa shape index (κ3) is 2.32. The highest BCUT2D eigenvalue weighted by molar-refractivity contribution is 9.10. The fraction of sp³-hybridized carbons (Fsp3) is 0.111. The average molecular weight is 253 g/mol. The lowest BCUT2D eigenvalue weighted by Gasteiger charge is -2.01. The molecule has 0 bridgehead atoms. The van der Waals surface area contributed by atoms with Crippen molar-refractivity contribution in [1.29, 1.82) is 0 Å². The zero-order valence-corrected chi connectivity index (χ0v) is 8.95. The summed E-state index contributed by atoms with van der Waals surface area (Å²) >= 11 is 3.28. The fourth-order valence-corrected chi connectivity index (χ4v) is 1.26. The Morgan fingerprint density at radius 1 is 1.36 bits per heavy atom. The summed E-state index contributed by atoms with van der Waals surface area (Å²) in [5.74, 6) is 0.628. The van der Waals surface area contributed by atoms with Gasteiger partial charge in [0.2, 0.25) is 5.95 Å². The summed E-state index contributed by atoms with van der Waals surface area (Å²) in [5.41, 5.74) is 1.11. The number of H-pyrrole nitrogens is 1. The zero-order valence-electron chi connectivity index (χ0n) is 7.37. The van der Waals surface area contributed by atoms with Crippen LogP contribution in [-0.2, 0) is 6.54 Å². The molecule has 2 aromatic heterocycles. The van der Waals surface area contributed by atoms with Gasteiger partial charge in [-0.05, 0) is 28.1 Å². The second-order valence-electron chi connectivity index (χ2n) is 2.77. The van der Waals surface area contributed by atoms with E-state index in [1.54, 1.807) is 12.4 Å². The Balaban J connectivity index is 1.95. The quantitative estimate of drug-likeness (QED) is 0.881. The van der Waals surface area contributed by atoms with Gasteiger partial charge in [0.15, 0.2) is 0 Å². The van der Waals surface area contributed by atoms with Crippen molar-refractivity contribution in [2.75, 3.05) is 5.32 Å². The first-order chi connectivity index (χ1) is 6.84. The summed E-state index contributed by atoms with van der Waals surface area (Å²) in [5, 5.41) is 3.10. The second kappa shape index (κ2) is 4.23. The minimum atomic E-state index is 0.628. The van der Waals surface area contributed by atoms with Crippen molar-refractivity contribution in [2.45, 2.75) is 6.54 Å². The second-order valence-corrected chi connectivity index (χ2v) is 3.69. The molecule has 0 aliphatic carbocycles. The van der Waals surface area contributed by atoms with Crippen LogP contribution in [-0.4, -0.2) is 15.0 Å². The molecule has 2 heterocycles. The van der Waals surface area contributed by atoms with Crippen LogP contribution in [0.25, 0.3) is 0 Å². The maximum atomic E-state index is 4.09. The van der Waals surface area contributed by atoms with Crippen molar-refractivity contribution in [3.63, 3.8) is 0 Å². The Bertz CT molecular complexity index is 382. The number of hydrogen-bond donors (Lipinski definition) is 2. The predicted molar refractivity (Wildman–Crippen MR) is 57.9 cm³/mol. The largest absolute Gasteiger partial charge is 0.364 e. The van der Waals surface area contributed by atoms with Crippen LogP contribution in [0.4, 0.5) is 5.95 Å². The number of hydrogen-bond acceptors (Lipinski definition) is 3. The zero-order chi connectivity index (χ0) is 9.80. The van der Waals surface area contributed by atoms with E-state index in [-0.39, 0.29) is 0 Å². The summed E-state index contributed by atoms with van der Waals surface area (Å²) in [4.78, 5) is 11.3. The van der Waals surface area contributed by atoms with Crippen molar-refractivity contribution in [3.8, 4) is 0 Å². The molecule has 2 N–H and O–H groups in total. The van der Waals surface area contributed by atoms with Crippen LogP contribution >= 0.6 is 15.9 Å². The average Bonchev–Trinajstić information content (AvgIpc) is 2.70. The lowest BCUT2D eigenvalue weighted by atomic mass is 10.4. The molecular formula is C9H9BrN4. The first-order valence-corrected chi connectivity index (χ1v) is 4.97. The van der Waals surface area contributed by atoms with Gasteiger partial charge in [-0.3, -0.25) is 0 Å². The Morgan fingerprint density at radius 2 is 2.14 bits per heavy atom.